The summed E-state index contributed by atoms with van der Waals surface area (Å²) in [6, 6.07) is 71.6. The first-order valence-electron chi connectivity index (χ1n) is 26.2. The summed E-state index contributed by atoms with van der Waals surface area (Å²) in [5.74, 6) is -16.4. The lowest BCUT2D eigenvalue weighted by atomic mass is 9.85. The number of thiophene rings is 2. The van der Waals surface area contributed by atoms with E-state index in [1.54, 1.807) is 24.3 Å². The molecule has 0 amide bonds. The molecule has 0 fully saturated rings. The summed E-state index contributed by atoms with van der Waals surface area (Å²) in [4.78, 5) is 25.8. The van der Waals surface area contributed by atoms with E-state index in [9.17, 15) is 9.59 Å². The molecule has 10 aromatic rings. The minimum absolute atomic E-state index is 0.0597. The number of allylic oxidation sites excluding steroid dienone is 2. The fourth-order valence-electron chi connectivity index (χ4n) is 10.8. The van der Waals surface area contributed by atoms with E-state index >= 15 is 26.3 Å². The molecule has 2 heterocycles. The van der Waals surface area contributed by atoms with Crippen LogP contribution in [0.3, 0.4) is 0 Å². The number of carbonyl (C=O) groups is 2. The quantitative estimate of drug-likeness (QED) is 0.0618. The van der Waals surface area contributed by atoms with Crippen molar-refractivity contribution in [3.63, 3.8) is 0 Å². The number of carbonyl (C=O) groups excluding carboxylic acids is 2. The van der Waals surface area contributed by atoms with Gasteiger partial charge in [-0.25, -0.2) is 0 Å². The summed E-state index contributed by atoms with van der Waals surface area (Å²) < 4.78 is 98.3. The van der Waals surface area contributed by atoms with Crippen LogP contribution in [-0.2, 0) is 0 Å². The fraction of sp³-hybridized carbons (Fsp3) is 0.0986. The molecule has 8 aromatic carbocycles. The maximum absolute atomic E-state index is 16.6. The van der Waals surface area contributed by atoms with Crippen LogP contribution in [0.5, 0.6) is 0 Å². The van der Waals surface area contributed by atoms with E-state index in [2.05, 4.69) is 0 Å². The molecule has 11 rings (SSSR count). The number of aryl methyl sites for hydroxylation is 2. The Morgan fingerprint density at radius 2 is 0.543 bits per heavy atom. The first-order chi connectivity index (χ1) is 38.9. The van der Waals surface area contributed by atoms with Crippen LogP contribution in [0.4, 0.5) is 26.3 Å². The molecule has 0 saturated carbocycles. The van der Waals surface area contributed by atoms with Crippen LogP contribution < -0.4 is 0 Å². The van der Waals surface area contributed by atoms with Crippen molar-refractivity contribution < 1.29 is 35.9 Å². The number of hydrogen-bond acceptors (Lipinski definition) is 4. The summed E-state index contributed by atoms with van der Waals surface area (Å²) in [5, 5.41) is 0. The number of hydrogen-bond donors (Lipinski definition) is 0. The summed E-state index contributed by atoms with van der Waals surface area (Å²) in [7, 11) is 0. The van der Waals surface area contributed by atoms with Gasteiger partial charge in [-0.2, -0.15) is 26.3 Å². The van der Waals surface area contributed by atoms with Crippen LogP contribution in [0.15, 0.2) is 231 Å². The molecule has 0 bridgehead atoms. The first kappa shape index (κ1) is 54.3. The van der Waals surface area contributed by atoms with E-state index in [4.69, 9.17) is 0 Å². The van der Waals surface area contributed by atoms with Gasteiger partial charge in [0.2, 0.25) is 0 Å². The molecule has 0 spiro atoms. The zero-order valence-corrected chi connectivity index (χ0v) is 46.0. The van der Waals surface area contributed by atoms with Gasteiger partial charge in [-0.15, -0.1) is 22.7 Å². The van der Waals surface area contributed by atoms with Crippen LogP contribution in [0, 0.1) is 13.8 Å². The van der Waals surface area contributed by atoms with Crippen LogP contribution in [0.1, 0.15) is 100.0 Å². The minimum atomic E-state index is -5.75. The highest BCUT2D eigenvalue weighted by atomic mass is 32.1. The van der Waals surface area contributed by atoms with Gasteiger partial charge in [-0.3, -0.25) is 9.59 Å². The second-order valence-corrected chi connectivity index (χ2v) is 22.5. The Bertz CT molecular complexity index is 3810. The zero-order valence-electron chi connectivity index (χ0n) is 44.3. The van der Waals surface area contributed by atoms with E-state index in [1.165, 1.54) is 39.8 Å². The lowest BCUT2D eigenvalue weighted by Gasteiger charge is -2.25. The smallest absolute Gasteiger partial charge is 0.295 e. The highest BCUT2D eigenvalue weighted by molar-refractivity contribution is 7.16. The van der Waals surface area contributed by atoms with Gasteiger partial charge in [0.25, 0.3) is 0 Å². The van der Waals surface area contributed by atoms with Crippen LogP contribution in [0.2, 0.25) is 0 Å². The van der Waals surface area contributed by atoms with Gasteiger partial charge in [0.1, 0.15) is 0 Å². The van der Waals surface area contributed by atoms with Crippen molar-refractivity contribution in [3.05, 3.63) is 307 Å². The van der Waals surface area contributed by atoms with Crippen molar-refractivity contribution in [2.75, 3.05) is 0 Å². The average Bonchev–Trinajstić information content (AvgIpc) is 4.32. The Kier molecular flexibility index (Phi) is 14.6. The summed E-state index contributed by atoms with van der Waals surface area (Å²) >= 11 is 2.13. The van der Waals surface area contributed by atoms with Crippen molar-refractivity contribution >= 4 is 67.7 Å². The molecule has 0 N–H and O–H groups in total. The molecule has 0 aliphatic heterocycles. The highest BCUT2D eigenvalue weighted by Crippen LogP contribution is 2.66. The molecule has 1 aliphatic rings. The van der Waals surface area contributed by atoms with E-state index < -0.39 is 28.9 Å². The molecule has 0 radical (unpaired) electrons. The molecule has 2 nitrogen and oxygen atoms in total. The standard InChI is InChI=1S/C71H50F6O2S2/c1-43(78)47-25-33-55(34-26-47)63(51-17-9-5-10-18-51)65(53-21-13-7-14-22-53)57-37-29-49(30-38-57)61-41-59(45(3)80-61)67-68(70(74,75)71(76,77)69(67,72)73)60-42-62(81-46(60)4)50-31-39-58(40-32-50)66(54-23-15-8-16-24-54)64(52-19-11-6-12-20-52)56-35-27-48(28-36-56)44(2)79/h5-42H,1-4H3/b65-63+,66-64+. The maximum atomic E-state index is 16.6. The molecule has 400 valence electrons. The van der Waals surface area contributed by atoms with E-state index in [0.29, 0.717) is 32.0 Å². The monoisotopic (exact) mass is 1110 g/mol. The lowest BCUT2D eigenvalue weighted by molar-refractivity contribution is -0.254. The third kappa shape index (κ3) is 9.97. The van der Waals surface area contributed by atoms with Crippen LogP contribution in [0.25, 0.3) is 54.3 Å². The van der Waals surface area contributed by atoms with Crippen molar-refractivity contribution in [1.82, 2.24) is 0 Å². The maximum Gasteiger partial charge on any atom is 0.380 e. The van der Waals surface area contributed by atoms with Gasteiger partial charge in [-0.1, -0.05) is 218 Å². The van der Waals surface area contributed by atoms with Crippen LogP contribution in [-0.4, -0.2) is 29.3 Å². The van der Waals surface area contributed by atoms with Gasteiger partial charge >= 0.3 is 17.8 Å². The number of ketones is 2. The van der Waals surface area contributed by atoms with Crippen molar-refractivity contribution in [1.29, 1.82) is 0 Å². The van der Waals surface area contributed by atoms with Crippen LogP contribution >= 0.6 is 22.7 Å². The van der Waals surface area contributed by atoms with Gasteiger partial charge in [-0.05, 0) is 129 Å². The largest absolute Gasteiger partial charge is 0.380 e. The molecule has 0 atom stereocenters. The third-order valence-electron chi connectivity index (χ3n) is 14.9. The summed E-state index contributed by atoms with van der Waals surface area (Å²) in [6.45, 7) is 6.01. The Morgan fingerprint density at radius 1 is 0.321 bits per heavy atom. The fourth-order valence-corrected chi connectivity index (χ4v) is 12.8. The normalized spacial score (nSPS) is 15.0. The molecular formula is C71H50F6O2S2. The Hall–Kier alpha value is -8.70. The van der Waals surface area contributed by atoms with Crippen molar-refractivity contribution in [3.8, 4) is 20.9 Å². The van der Waals surface area contributed by atoms with E-state index in [0.717, 1.165) is 89.5 Å². The van der Waals surface area contributed by atoms with Gasteiger partial charge in [0.05, 0.1) is 0 Å². The number of alkyl halides is 6. The highest BCUT2D eigenvalue weighted by Gasteiger charge is 2.80. The van der Waals surface area contributed by atoms with Crippen molar-refractivity contribution in [2.45, 2.75) is 45.5 Å². The second kappa shape index (κ2) is 21.7. The van der Waals surface area contributed by atoms with Gasteiger partial charge in [0.15, 0.2) is 11.6 Å². The Balaban J connectivity index is 0.994. The molecular weight excluding hydrogens is 1060 g/mol. The van der Waals surface area contributed by atoms with E-state index in [-0.39, 0.29) is 32.4 Å². The Labute approximate surface area is 474 Å². The topological polar surface area (TPSA) is 34.1 Å². The lowest BCUT2D eigenvalue weighted by Crippen LogP contribution is -2.48. The number of Topliss-reactive ketones (excluding diaryl/α,β-unsaturated/α-hetero) is 2. The van der Waals surface area contributed by atoms with E-state index in [1.807, 2.05) is 194 Å². The zero-order chi connectivity index (χ0) is 56.8. The number of halogens is 6. The molecule has 2 aromatic heterocycles. The minimum Gasteiger partial charge on any atom is -0.295 e. The molecule has 1 aliphatic carbocycles. The predicted octanol–water partition coefficient (Wildman–Crippen LogP) is 20.0. The molecule has 10 heteroatoms. The summed E-state index contributed by atoms with van der Waals surface area (Å²) in [6.07, 6.45) is 0. The van der Waals surface area contributed by atoms with Gasteiger partial charge < -0.3 is 0 Å². The molecule has 0 unspecified atom stereocenters. The SMILES string of the molecule is CC(=O)c1ccc(/C(=C(\c2ccccc2)c2ccc(-c3cc(C4=C(c5cc(-c6ccc(/C(=C(\c7ccccc7)c7ccc(C(C)=O)cc7)c7ccccc7)cc6)sc5C)C(F)(F)C(F)(F)C4(F)F)c(C)s3)cc2)c2ccccc2)cc1. The number of benzene rings is 8. The molecule has 0 saturated heterocycles. The summed E-state index contributed by atoms with van der Waals surface area (Å²) in [5.41, 5.74) is 9.28. The number of rotatable bonds is 14. The van der Waals surface area contributed by atoms with Gasteiger partial charge in [0, 0.05) is 41.8 Å². The third-order valence-corrected chi connectivity index (χ3v) is 17.1. The second-order valence-electron chi connectivity index (χ2n) is 20.0. The molecule has 81 heavy (non-hydrogen) atoms. The van der Waals surface area contributed by atoms with Crippen molar-refractivity contribution in [2.24, 2.45) is 0 Å². The Morgan fingerprint density at radius 3 is 0.790 bits per heavy atom. The first-order valence-corrected chi connectivity index (χ1v) is 27.8. The predicted molar refractivity (Wildman–Crippen MR) is 319 cm³/mol. The average molecular weight is 1110 g/mol.